The maximum absolute atomic E-state index is 13.8. The number of benzene rings is 1. The number of nitrogens with one attached hydrogen (secondary N) is 3. The van der Waals surface area contributed by atoms with Crippen molar-refractivity contribution in [3.05, 3.63) is 29.9 Å². The van der Waals surface area contributed by atoms with Gasteiger partial charge in [-0.2, -0.15) is 0 Å². The Kier molecular flexibility index (Phi) is 10.9. The van der Waals surface area contributed by atoms with Crippen molar-refractivity contribution in [1.29, 1.82) is 0 Å². The van der Waals surface area contributed by atoms with Crippen molar-refractivity contribution in [2.45, 2.75) is 89.5 Å². The van der Waals surface area contributed by atoms with Crippen LogP contribution < -0.4 is 15.4 Å². The number of amides is 1. The zero-order valence-electron chi connectivity index (χ0n) is 23.3. The number of nitrogens with zero attached hydrogens (tertiary/aromatic N) is 1. The highest BCUT2D eigenvalue weighted by Crippen LogP contribution is 2.34. The molecule has 2 unspecified atom stereocenters. The Hall–Kier alpha value is -2.13. The number of thiazole rings is 1. The van der Waals surface area contributed by atoms with E-state index in [2.05, 4.69) is 20.3 Å². The second kappa shape index (κ2) is 13.5. The molecule has 2 aromatic rings. The average molecular weight is 585 g/mol. The van der Waals surface area contributed by atoms with E-state index in [-0.39, 0.29) is 29.1 Å². The number of aliphatic hydroxyl groups is 1. The van der Waals surface area contributed by atoms with Crippen molar-refractivity contribution in [1.82, 2.24) is 15.0 Å². The van der Waals surface area contributed by atoms with Gasteiger partial charge in [0.25, 0.3) is 0 Å². The van der Waals surface area contributed by atoms with Crippen LogP contribution in [0.1, 0.15) is 54.4 Å². The SMILES string of the molecule is CC(C)OC(=O)Nc1ccc(-c2cncs2)c(S(=O)(=O)NC(C)(C)CC2COC[C@@H](NC(O)OC(C)C)C2)c1. The lowest BCUT2D eigenvalue weighted by Gasteiger charge is -2.36. The van der Waals surface area contributed by atoms with Gasteiger partial charge in [-0.3, -0.25) is 15.6 Å². The van der Waals surface area contributed by atoms with Gasteiger partial charge in [0, 0.05) is 35.6 Å². The lowest BCUT2D eigenvalue weighted by molar-refractivity contribution is -0.156. The number of aromatic nitrogens is 1. The molecule has 4 N–H and O–H groups in total. The summed E-state index contributed by atoms with van der Waals surface area (Å²) in [5.41, 5.74) is 1.58. The van der Waals surface area contributed by atoms with Gasteiger partial charge in [0.05, 0.1) is 34.1 Å². The number of anilines is 1. The molecule has 1 aromatic carbocycles. The van der Waals surface area contributed by atoms with Crippen LogP contribution in [0.2, 0.25) is 0 Å². The van der Waals surface area contributed by atoms with Crippen LogP contribution in [-0.4, -0.2) is 68.0 Å². The number of hydrogen-bond acceptors (Lipinski definition) is 10. The smallest absolute Gasteiger partial charge is 0.411 e. The summed E-state index contributed by atoms with van der Waals surface area (Å²) in [6, 6.07) is 4.58. The van der Waals surface area contributed by atoms with Crippen LogP contribution in [-0.2, 0) is 24.2 Å². The first-order valence-electron chi connectivity index (χ1n) is 13.0. The number of ether oxygens (including phenoxy) is 3. The Morgan fingerprint density at radius 3 is 2.62 bits per heavy atom. The summed E-state index contributed by atoms with van der Waals surface area (Å²) in [7, 11) is -4.03. The van der Waals surface area contributed by atoms with Crippen LogP contribution >= 0.6 is 11.3 Å². The normalized spacial score (nSPS) is 19.3. The molecule has 0 saturated carbocycles. The number of sulfonamides is 1. The molecule has 13 heteroatoms. The first-order valence-corrected chi connectivity index (χ1v) is 15.3. The van der Waals surface area contributed by atoms with Gasteiger partial charge in [0.2, 0.25) is 16.4 Å². The monoisotopic (exact) mass is 584 g/mol. The van der Waals surface area contributed by atoms with E-state index in [1.165, 1.54) is 17.4 Å². The van der Waals surface area contributed by atoms with Gasteiger partial charge >= 0.3 is 6.09 Å². The standard InChI is InChI=1S/C26H40N4O7S2/c1-16(2)36-24(31)28-19-7-8-21(22-12-27-15-38-22)23(10-19)39(33,34)30-26(5,6)11-18-9-20(14-35-13-18)29-25(32)37-17(3)4/h7-8,10,12,15-18,20,25,29-30,32H,9,11,13-14H2,1-6H3,(H,28,31)/t18?,20-,25?/m0/s1. The quantitative estimate of drug-likeness (QED) is 0.273. The zero-order valence-corrected chi connectivity index (χ0v) is 24.9. The van der Waals surface area contributed by atoms with Gasteiger partial charge in [-0.05, 0) is 72.4 Å². The molecule has 11 nitrogen and oxygen atoms in total. The molecule has 1 aliphatic rings. The topological polar surface area (TPSA) is 148 Å². The molecule has 1 fully saturated rings. The average Bonchev–Trinajstić information content (AvgIpc) is 3.31. The minimum absolute atomic E-state index is 0.0237. The third-order valence-electron chi connectivity index (χ3n) is 5.84. The second-order valence-corrected chi connectivity index (χ2v) is 13.4. The van der Waals surface area contributed by atoms with Crippen molar-refractivity contribution in [3.8, 4) is 10.4 Å². The van der Waals surface area contributed by atoms with E-state index in [0.29, 0.717) is 42.2 Å². The van der Waals surface area contributed by atoms with Crippen molar-refractivity contribution in [2.75, 3.05) is 18.5 Å². The molecular formula is C26H40N4O7S2. The van der Waals surface area contributed by atoms with Gasteiger partial charge in [0.1, 0.15) is 0 Å². The van der Waals surface area contributed by atoms with Crippen LogP contribution in [0.15, 0.2) is 34.8 Å². The summed E-state index contributed by atoms with van der Waals surface area (Å²) in [6.07, 6.45) is 0.563. The molecule has 0 bridgehead atoms. The number of rotatable bonds is 12. The molecule has 1 aliphatic heterocycles. The number of carbonyl (C=O) groups is 1. The zero-order chi connectivity index (χ0) is 28.8. The third-order valence-corrected chi connectivity index (χ3v) is 8.38. The first-order chi connectivity index (χ1) is 18.2. The fraction of sp³-hybridized carbons (Fsp3) is 0.615. The minimum atomic E-state index is -4.03. The molecule has 3 atom stereocenters. The number of hydrogen-bond donors (Lipinski definition) is 4. The summed E-state index contributed by atoms with van der Waals surface area (Å²) >= 11 is 1.32. The van der Waals surface area contributed by atoms with E-state index in [0.717, 1.165) is 0 Å². The van der Waals surface area contributed by atoms with E-state index >= 15 is 0 Å². The van der Waals surface area contributed by atoms with Crippen LogP contribution in [0, 0.1) is 5.92 Å². The Morgan fingerprint density at radius 1 is 1.23 bits per heavy atom. The molecule has 0 spiro atoms. The van der Waals surface area contributed by atoms with E-state index in [4.69, 9.17) is 14.2 Å². The van der Waals surface area contributed by atoms with Crippen molar-refractivity contribution < 1.29 is 32.5 Å². The van der Waals surface area contributed by atoms with Crippen LogP contribution in [0.4, 0.5) is 10.5 Å². The molecule has 1 amide bonds. The summed E-state index contributed by atoms with van der Waals surface area (Å²) in [5, 5.41) is 15.7. The first kappa shape index (κ1) is 31.4. The van der Waals surface area contributed by atoms with Gasteiger partial charge in [-0.15, -0.1) is 11.3 Å². The van der Waals surface area contributed by atoms with Gasteiger partial charge in [-0.25, -0.2) is 17.9 Å². The molecule has 3 rings (SSSR count). The van der Waals surface area contributed by atoms with Gasteiger partial charge < -0.3 is 19.3 Å². The van der Waals surface area contributed by atoms with Gasteiger partial charge in [-0.1, -0.05) is 6.07 Å². The second-order valence-electron chi connectivity index (χ2n) is 10.9. The van der Waals surface area contributed by atoms with Crippen molar-refractivity contribution >= 4 is 33.1 Å². The molecule has 1 saturated heterocycles. The summed E-state index contributed by atoms with van der Waals surface area (Å²) < 4.78 is 46.6. The molecule has 218 valence electrons. The van der Waals surface area contributed by atoms with Gasteiger partial charge in [0.15, 0.2) is 0 Å². The lowest BCUT2D eigenvalue weighted by Crippen LogP contribution is -2.50. The Labute approximate surface area is 234 Å². The highest BCUT2D eigenvalue weighted by atomic mass is 32.2. The molecule has 2 heterocycles. The predicted molar refractivity (Wildman–Crippen MR) is 150 cm³/mol. The Morgan fingerprint density at radius 2 is 1.97 bits per heavy atom. The van der Waals surface area contributed by atoms with E-state index in [1.807, 2.05) is 27.7 Å². The van der Waals surface area contributed by atoms with E-state index in [1.54, 1.807) is 37.7 Å². The van der Waals surface area contributed by atoms with E-state index < -0.39 is 28.1 Å². The number of carbonyl (C=O) groups excluding carboxylic acids is 1. The predicted octanol–water partition coefficient (Wildman–Crippen LogP) is 3.91. The summed E-state index contributed by atoms with van der Waals surface area (Å²) in [6.45, 7) is 11.7. The van der Waals surface area contributed by atoms with Crippen molar-refractivity contribution in [2.24, 2.45) is 5.92 Å². The highest BCUT2D eigenvalue weighted by Gasteiger charge is 2.34. The Balaban J connectivity index is 1.77. The lowest BCUT2D eigenvalue weighted by atomic mass is 9.86. The molecule has 0 radical (unpaired) electrons. The summed E-state index contributed by atoms with van der Waals surface area (Å²) in [4.78, 5) is 16.9. The summed E-state index contributed by atoms with van der Waals surface area (Å²) in [5.74, 6) is 0.0416. The molecule has 39 heavy (non-hydrogen) atoms. The fourth-order valence-corrected chi connectivity index (χ4v) is 6.99. The highest BCUT2D eigenvalue weighted by molar-refractivity contribution is 7.89. The number of aliphatic hydroxyl groups excluding tert-OH is 1. The van der Waals surface area contributed by atoms with E-state index in [9.17, 15) is 18.3 Å². The third kappa shape index (κ3) is 9.78. The largest absolute Gasteiger partial charge is 0.447 e. The van der Waals surface area contributed by atoms with Crippen LogP contribution in [0.5, 0.6) is 0 Å². The molecular weight excluding hydrogens is 544 g/mol. The fourth-order valence-electron chi connectivity index (χ4n) is 4.59. The maximum Gasteiger partial charge on any atom is 0.411 e. The maximum atomic E-state index is 13.8. The van der Waals surface area contributed by atoms with Crippen LogP contribution in [0.25, 0.3) is 10.4 Å². The Bertz CT molecular complexity index is 1190. The molecule has 1 aromatic heterocycles. The molecule has 0 aliphatic carbocycles. The van der Waals surface area contributed by atoms with Crippen LogP contribution in [0.3, 0.4) is 0 Å². The minimum Gasteiger partial charge on any atom is -0.447 e. The van der Waals surface area contributed by atoms with Crippen molar-refractivity contribution in [3.63, 3.8) is 0 Å².